The summed E-state index contributed by atoms with van der Waals surface area (Å²) in [5, 5.41) is 8.01. The molecule has 0 unspecified atom stereocenters. The predicted octanol–water partition coefficient (Wildman–Crippen LogP) is 1.96. The maximum atomic E-state index is 10.5. The first-order valence-corrected chi connectivity index (χ1v) is 6.31. The van der Waals surface area contributed by atoms with Crippen molar-refractivity contribution in [2.75, 3.05) is 5.32 Å². The van der Waals surface area contributed by atoms with Gasteiger partial charge >= 0.3 is 0 Å². The molecule has 0 atom stereocenters. The number of nitrogens with zero attached hydrogens (tertiary/aromatic N) is 4. The topological polar surface area (TPSA) is 72.7 Å². The van der Waals surface area contributed by atoms with Gasteiger partial charge < -0.3 is 5.32 Å². The van der Waals surface area contributed by atoms with Gasteiger partial charge in [0.2, 0.25) is 6.41 Å². The number of carbonyl (C=O) groups is 1. The van der Waals surface area contributed by atoms with E-state index in [0.717, 1.165) is 16.3 Å². The van der Waals surface area contributed by atoms with E-state index in [1.807, 2.05) is 30.3 Å². The molecule has 19 heavy (non-hydrogen) atoms. The molecule has 6 nitrogen and oxygen atoms in total. The van der Waals surface area contributed by atoms with E-state index < -0.39 is 0 Å². The van der Waals surface area contributed by atoms with Gasteiger partial charge in [-0.05, 0) is 0 Å². The molecule has 0 bridgehead atoms. The number of hydrogen-bond acceptors (Lipinski definition) is 5. The fourth-order valence-electron chi connectivity index (χ4n) is 1.68. The molecule has 1 aromatic carbocycles. The molecule has 0 saturated carbocycles. The third-order valence-electron chi connectivity index (χ3n) is 2.47. The Morgan fingerprint density at radius 3 is 2.79 bits per heavy atom. The Balaban J connectivity index is 2.14. The predicted molar refractivity (Wildman–Crippen MR) is 72.2 cm³/mol. The highest BCUT2D eigenvalue weighted by Gasteiger charge is 2.14. The first-order chi connectivity index (χ1) is 9.38. The first-order valence-electron chi connectivity index (χ1n) is 5.50. The van der Waals surface area contributed by atoms with Crippen molar-refractivity contribution in [3.63, 3.8) is 0 Å². The number of nitrogens with one attached hydrogen (secondary N) is 1. The molecule has 0 aliphatic rings. The fraction of sp³-hybridized carbons (Fsp3) is 0. The fourth-order valence-corrected chi connectivity index (χ4v) is 2.55. The second kappa shape index (κ2) is 4.99. The van der Waals surface area contributed by atoms with Crippen LogP contribution in [0, 0.1) is 0 Å². The van der Waals surface area contributed by atoms with Gasteiger partial charge in [-0.3, -0.25) is 4.79 Å². The standard InChI is InChI=1S/C12H9N5OS/c18-8-14-12-16-10(9-4-2-1-3-5-9)11(19-12)17-7-13-6-15-17/h1-8H,(H,14,16,18). The number of anilines is 1. The van der Waals surface area contributed by atoms with Crippen LogP contribution >= 0.6 is 11.3 Å². The van der Waals surface area contributed by atoms with Crippen molar-refractivity contribution < 1.29 is 4.79 Å². The van der Waals surface area contributed by atoms with Gasteiger partial charge in [-0.15, -0.1) is 0 Å². The molecule has 1 amide bonds. The summed E-state index contributed by atoms with van der Waals surface area (Å²) in [5.41, 5.74) is 1.73. The van der Waals surface area contributed by atoms with E-state index in [1.165, 1.54) is 17.7 Å². The summed E-state index contributed by atoms with van der Waals surface area (Å²) in [4.78, 5) is 18.9. The zero-order valence-corrected chi connectivity index (χ0v) is 10.5. The number of hydrogen-bond donors (Lipinski definition) is 1. The number of benzene rings is 1. The molecule has 1 N–H and O–H groups in total. The van der Waals surface area contributed by atoms with Crippen LogP contribution in [0.25, 0.3) is 16.3 Å². The minimum absolute atomic E-state index is 0.527. The van der Waals surface area contributed by atoms with E-state index in [-0.39, 0.29) is 0 Å². The van der Waals surface area contributed by atoms with Gasteiger partial charge in [0, 0.05) is 5.56 Å². The quantitative estimate of drug-likeness (QED) is 0.736. The highest BCUT2D eigenvalue weighted by atomic mass is 32.1. The first kappa shape index (κ1) is 11.5. The second-order valence-corrected chi connectivity index (χ2v) is 4.62. The second-order valence-electron chi connectivity index (χ2n) is 3.64. The third-order valence-corrected chi connectivity index (χ3v) is 3.44. The van der Waals surface area contributed by atoms with Crippen LogP contribution < -0.4 is 5.32 Å². The Morgan fingerprint density at radius 1 is 1.26 bits per heavy atom. The molecule has 2 heterocycles. The number of carbonyl (C=O) groups excluding carboxylic acids is 1. The van der Waals surface area contributed by atoms with E-state index in [2.05, 4.69) is 20.4 Å². The Bertz CT molecular complexity index is 677. The summed E-state index contributed by atoms with van der Waals surface area (Å²) < 4.78 is 1.63. The van der Waals surface area contributed by atoms with Crippen molar-refractivity contribution in [2.45, 2.75) is 0 Å². The molecule has 0 saturated heterocycles. The van der Waals surface area contributed by atoms with Crippen molar-refractivity contribution >= 4 is 22.9 Å². The van der Waals surface area contributed by atoms with E-state index in [4.69, 9.17) is 0 Å². The van der Waals surface area contributed by atoms with Crippen molar-refractivity contribution in [1.29, 1.82) is 0 Å². The van der Waals surface area contributed by atoms with Gasteiger partial charge in [0.05, 0.1) is 0 Å². The lowest BCUT2D eigenvalue weighted by Gasteiger charge is -2.00. The van der Waals surface area contributed by atoms with Crippen molar-refractivity contribution in [2.24, 2.45) is 0 Å². The Morgan fingerprint density at radius 2 is 2.11 bits per heavy atom. The van der Waals surface area contributed by atoms with Crippen LogP contribution in [-0.4, -0.2) is 26.2 Å². The normalized spacial score (nSPS) is 10.3. The Kier molecular flexibility index (Phi) is 3.03. The van der Waals surface area contributed by atoms with Crippen LogP contribution in [0.1, 0.15) is 0 Å². The van der Waals surface area contributed by atoms with Gasteiger partial charge in [0.1, 0.15) is 23.3 Å². The molecule has 3 aromatic rings. The summed E-state index contributed by atoms with van der Waals surface area (Å²) in [6, 6.07) is 9.73. The van der Waals surface area contributed by atoms with Crippen LogP contribution in [-0.2, 0) is 4.79 Å². The number of thiazole rings is 1. The number of aromatic nitrogens is 4. The van der Waals surface area contributed by atoms with Crippen molar-refractivity contribution in [3.8, 4) is 16.3 Å². The summed E-state index contributed by atoms with van der Waals surface area (Å²) in [6.45, 7) is 0. The molecule has 0 aliphatic heterocycles. The lowest BCUT2D eigenvalue weighted by atomic mass is 10.2. The molecule has 7 heteroatoms. The SMILES string of the molecule is O=CNc1nc(-c2ccccc2)c(-n2cncn2)s1. The van der Waals surface area contributed by atoms with Gasteiger partial charge in [-0.25, -0.2) is 14.6 Å². The monoisotopic (exact) mass is 271 g/mol. The average Bonchev–Trinajstić information content (AvgIpc) is 3.08. The molecule has 0 spiro atoms. The molecule has 3 rings (SSSR count). The molecular formula is C12H9N5OS. The van der Waals surface area contributed by atoms with Crippen LogP contribution in [0.5, 0.6) is 0 Å². The molecule has 0 aliphatic carbocycles. The lowest BCUT2D eigenvalue weighted by Crippen LogP contribution is -1.94. The van der Waals surface area contributed by atoms with Gasteiger partial charge in [0.25, 0.3) is 0 Å². The Labute approximate surface area is 112 Å². The lowest BCUT2D eigenvalue weighted by molar-refractivity contribution is -0.105. The Hall–Kier alpha value is -2.54. The van der Waals surface area contributed by atoms with E-state index in [0.29, 0.717) is 11.5 Å². The van der Waals surface area contributed by atoms with Crippen molar-refractivity contribution in [1.82, 2.24) is 19.7 Å². The smallest absolute Gasteiger partial charge is 0.213 e. The summed E-state index contributed by atoms with van der Waals surface area (Å²) in [5.74, 6) is 0. The van der Waals surface area contributed by atoms with Gasteiger partial charge in [-0.1, -0.05) is 41.7 Å². The summed E-state index contributed by atoms with van der Waals surface area (Å²) in [6.07, 6.45) is 3.67. The van der Waals surface area contributed by atoms with Crippen molar-refractivity contribution in [3.05, 3.63) is 43.0 Å². The molecule has 0 radical (unpaired) electrons. The zero-order chi connectivity index (χ0) is 13.1. The maximum absolute atomic E-state index is 10.5. The highest BCUT2D eigenvalue weighted by molar-refractivity contribution is 7.18. The van der Waals surface area contributed by atoms with Gasteiger partial charge in [0.15, 0.2) is 5.13 Å². The third kappa shape index (κ3) is 2.23. The van der Waals surface area contributed by atoms with E-state index in [9.17, 15) is 4.79 Å². The minimum atomic E-state index is 0.527. The molecule has 0 fully saturated rings. The molecule has 2 aromatic heterocycles. The van der Waals surface area contributed by atoms with E-state index in [1.54, 1.807) is 11.0 Å². The van der Waals surface area contributed by atoms with Crippen LogP contribution in [0.4, 0.5) is 5.13 Å². The zero-order valence-electron chi connectivity index (χ0n) is 9.72. The highest BCUT2D eigenvalue weighted by Crippen LogP contribution is 2.33. The maximum Gasteiger partial charge on any atom is 0.213 e. The molecule has 94 valence electrons. The average molecular weight is 271 g/mol. The number of amides is 1. The summed E-state index contributed by atoms with van der Waals surface area (Å²) >= 11 is 1.34. The van der Waals surface area contributed by atoms with Crippen LogP contribution in [0.15, 0.2) is 43.0 Å². The number of rotatable bonds is 4. The minimum Gasteiger partial charge on any atom is -0.305 e. The molecular weight excluding hydrogens is 262 g/mol. The van der Waals surface area contributed by atoms with Gasteiger partial charge in [-0.2, -0.15) is 5.10 Å². The largest absolute Gasteiger partial charge is 0.305 e. The van der Waals surface area contributed by atoms with Crippen LogP contribution in [0.2, 0.25) is 0 Å². The van der Waals surface area contributed by atoms with E-state index >= 15 is 0 Å². The van der Waals surface area contributed by atoms with Crippen LogP contribution in [0.3, 0.4) is 0 Å². The summed E-state index contributed by atoms with van der Waals surface area (Å²) in [7, 11) is 0.